The smallest absolute Gasteiger partial charge is 0.260 e. The third kappa shape index (κ3) is 4.89. The number of ether oxygens (including phenoxy) is 4. The van der Waals surface area contributed by atoms with Gasteiger partial charge in [-0.1, -0.05) is 67.3 Å². The average molecular weight is 522 g/mol. The molecule has 3 aliphatic heterocycles. The molecule has 3 unspecified atom stereocenters. The Bertz CT molecular complexity index is 1420. The Morgan fingerprint density at radius 2 is 1.62 bits per heavy atom. The Labute approximate surface area is 228 Å². The van der Waals surface area contributed by atoms with Crippen LogP contribution in [0.25, 0.3) is 0 Å². The Hall–Kier alpha value is -4.13. The highest BCUT2D eigenvalue weighted by atomic mass is 16.6. The number of allylic oxidation sites excluding steroid dienone is 3. The second kappa shape index (κ2) is 10.6. The second-order valence-corrected chi connectivity index (χ2v) is 9.89. The Kier molecular flexibility index (Phi) is 6.81. The molecular formula is C33H31NO5. The van der Waals surface area contributed by atoms with E-state index >= 15 is 0 Å². The predicted octanol–water partition coefficient (Wildman–Crippen LogP) is 5.80. The van der Waals surface area contributed by atoms with Crippen LogP contribution in [0, 0.1) is 0 Å². The number of benzene rings is 3. The molecule has 6 nitrogen and oxygen atoms in total. The topological polar surface area (TPSA) is 63.8 Å². The van der Waals surface area contributed by atoms with E-state index in [2.05, 4.69) is 6.58 Å². The van der Waals surface area contributed by atoms with Gasteiger partial charge >= 0.3 is 0 Å². The molecule has 3 aliphatic rings. The van der Waals surface area contributed by atoms with Crippen LogP contribution in [-0.4, -0.2) is 44.5 Å². The number of hydrogen-bond acceptors (Lipinski definition) is 5. The van der Waals surface area contributed by atoms with Crippen molar-refractivity contribution >= 4 is 11.6 Å². The summed E-state index contributed by atoms with van der Waals surface area (Å²) in [6.07, 6.45) is 6.10. The molecule has 0 spiro atoms. The van der Waals surface area contributed by atoms with Crippen molar-refractivity contribution < 1.29 is 23.7 Å². The van der Waals surface area contributed by atoms with Gasteiger partial charge in [0.1, 0.15) is 36.7 Å². The van der Waals surface area contributed by atoms with E-state index in [1.807, 2.05) is 109 Å². The van der Waals surface area contributed by atoms with Crippen molar-refractivity contribution in [2.45, 2.75) is 24.7 Å². The zero-order valence-electron chi connectivity index (χ0n) is 21.9. The molecule has 3 atom stereocenters. The van der Waals surface area contributed by atoms with E-state index < -0.39 is 5.54 Å². The van der Waals surface area contributed by atoms with Gasteiger partial charge in [-0.2, -0.15) is 0 Å². The van der Waals surface area contributed by atoms with Crippen molar-refractivity contribution in [3.8, 4) is 5.75 Å². The molecule has 0 aromatic heterocycles. The highest BCUT2D eigenvalue weighted by molar-refractivity contribution is 6.14. The fourth-order valence-electron chi connectivity index (χ4n) is 5.13. The van der Waals surface area contributed by atoms with Crippen LogP contribution in [0.4, 0.5) is 5.69 Å². The van der Waals surface area contributed by atoms with Gasteiger partial charge in [-0.25, -0.2) is 0 Å². The van der Waals surface area contributed by atoms with Crippen LogP contribution in [-0.2, 0) is 19.7 Å². The Balaban J connectivity index is 1.51. The maximum Gasteiger partial charge on any atom is 0.260 e. The van der Waals surface area contributed by atoms with E-state index in [9.17, 15) is 4.79 Å². The number of para-hydroxylation sites is 1. The average Bonchev–Trinajstić information content (AvgIpc) is 3.91. The monoisotopic (exact) mass is 521 g/mol. The van der Waals surface area contributed by atoms with Crippen molar-refractivity contribution in [3.05, 3.63) is 132 Å². The molecule has 1 amide bonds. The molecule has 0 radical (unpaired) electrons. The summed E-state index contributed by atoms with van der Waals surface area (Å²) in [5.41, 5.74) is 3.14. The number of nitrogens with zero attached hydrogens (tertiary/aromatic N) is 1. The highest BCUT2D eigenvalue weighted by Crippen LogP contribution is 2.51. The summed E-state index contributed by atoms with van der Waals surface area (Å²) in [5, 5.41) is 0. The summed E-state index contributed by atoms with van der Waals surface area (Å²) in [6, 6.07) is 25.5. The van der Waals surface area contributed by atoms with Gasteiger partial charge in [0.25, 0.3) is 5.91 Å². The van der Waals surface area contributed by atoms with Crippen molar-refractivity contribution in [2.24, 2.45) is 0 Å². The van der Waals surface area contributed by atoms with Crippen LogP contribution in [0.1, 0.15) is 28.4 Å². The van der Waals surface area contributed by atoms with Crippen LogP contribution in [0.5, 0.6) is 5.75 Å². The van der Waals surface area contributed by atoms with Crippen molar-refractivity contribution in [3.63, 3.8) is 0 Å². The summed E-state index contributed by atoms with van der Waals surface area (Å²) in [4.78, 5) is 16.0. The summed E-state index contributed by atoms with van der Waals surface area (Å²) >= 11 is 0. The van der Waals surface area contributed by atoms with Crippen LogP contribution in [0.2, 0.25) is 0 Å². The quantitative estimate of drug-likeness (QED) is 0.181. The number of carbonyl (C=O) groups excluding carboxylic acids is 1. The zero-order valence-corrected chi connectivity index (χ0v) is 21.9. The summed E-state index contributed by atoms with van der Waals surface area (Å²) in [6.45, 7) is 8.65. The molecule has 2 saturated heterocycles. The third-order valence-corrected chi connectivity index (χ3v) is 7.25. The van der Waals surface area contributed by atoms with Crippen LogP contribution in [0.3, 0.4) is 0 Å². The summed E-state index contributed by atoms with van der Waals surface area (Å²) in [7, 11) is 0. The van der Waals surface area contributed by atoms with Crippen molar-refractivity contribution in [1.29, 1.82) is 0 Å². The normalized spacial score (nSPS) is 23.8. The van der Waals surface area contributed by atoms with Gasteiger partial charge in [0, 0.05) is 11.3 Å². The van der Waals surface area contributed by atoms with E-state index in [0.717, 1.165) is 47.1 Å². The first kappa shape index (κ1) is 25.2. The number of hydrogen-bond donors (Lipinski definition) is 0. The molecule has 3 aromatic rings. The van der Waals surface area contributed by atoms with Gasteiger partial charge in [0.05, 0.1) is 19.0 Å². The molecule has 198 valence electrons. The number of anilines is 1. The van der Waals surface area contributed by atoms with Gasteiger partial charge < -0.3 is 18.9 Å². The number of amides is 1. The summed E-state index contributed by atoms with van der Waals surface area (Å²) in [5.74, 6) is 1.44. The molecule has 6 heteroatoms. The fourth-order valence-corrected chi connectivity index (χ4v) is 5.13. The largest absolute Gasteiger partial charge is 0.495 e. The van der Waals surface area contributed by atoms with Gasteiger partial charge in [-0.05, 0) is 60.0 Å². The number of epoxide rings is 2. The molecule has 39 heavy (non-hydrogen) atoms. The molecule has 3 heterocycles. The number of carbonyl (C=O) groups is 1. The predicted molar refractivity (Wildman–Crippen MR) is 150 cm³/mol. The van der Waals surface area contributed by atoms with E-state index in [1.165, 1.54) is 0 Å². The second-order valence-electron chi connectivity index (χ2n) is 9.89. The molecule has 3 aromatic carbocycles. The molecular weight excluding hydrogens is 490 g/mol. The third-order valence-electron chi connectivity index (χ3n) is 7.25. The molecule has 6 rings (SSSR count). The first-order chi connectivity index (χ1) is 19.1. The standard InChI is InChI=1S/C33H31NO5/c1-3-24(14-13-23(2)36-19-28-21-38-28)33(25-15-17-27(18-16-25)37-20-29-22-39-29)31-12-8-7-11-30(31)32(35)34(33)26-9-5-4-6-10-26/h3-18,28-29H,1,19-22H2,2H3/b23-13+,24-14+. The molecule has 0 N–H and O–H groups in total. The van der Waals surface area contributed by atoms with E-state index in [4.69, 9.17) is 18.9 Å². The van der Waals surface area contributed by atoms with Crippen molar-refractivity contribution in [1.82, 2.24) is 0 Å². The Morgan fingerprint density at radius 1 is 0.949 bits per heavy atom. The highest BCUT2D eigenvalue weighted by Gasteiger charge is 2.53. The first-order valence-corrected chi connectivity index (χ1v) is 13.2. The first-order valence-electron chi connectivity index (χ1n) is 13.2. The van der Waals surface area contributed by atoms with E-state index in [0.29, 0.717) is 18.8 Å². The lowest BCUT2D eigenvalue weighted by Gasteiger charge is -2.41. The fraction of sp³-hybridized carbons (Fsp3) is 0.242. The lowest BCUT2D eigenvalue weighted by Crippen LogP contribution is -2.46. The van der Waals surface area contributed by atoms with Gasteiger partial charge in [0.2, 0.25) is 0 Å². The lowest BCUT2D eigenvalue weighted by molar-refractivity contribution is 0.0986. The van der Waals surface area contributed by atoms with E-state index in [1.54, 1.807) is 0 Å². The SMILES string of the molecule is C=C/C(=C\C=C(/C)OCC1CO1)C1(c2ccc(OCC3CO3)cc2)c2ccccc2C(=O)N1c1ccccc1. The minimum atomic E-state index is -0.967. The zero-order chi connectivity index (χ0) is 26.8. The molecule has 0 aliphatic carbocycles. The van der Waals surface area contributed by atoms with Crippen LogP contribution in [0.15, 0.2) is 115 Å². The maximum atomic E-state index is 14.2. The van der Waals surface area contributed by atoms with E-state index in [-0.39, 0.29) is 18.1 Å². The molecule has 0 bridgehead atoms. The lowest BCUT2D eigenvalue weighted by atomic mass is 9.76. The maximum absolute atomic E-state index is 14.2. The van der Waals surface area contributed by atoms with Crippen LogP contribution >= 0.6 is 0 Å². The van der Waals surface area contributed by atoms with Gasteiger partial charge in [-0.3, -0.25) is 9.69 Å². The minimum Gasteiger partial charge on any atom is -0.495 e. The molecule has 2 fully saturated rings. The minimum absolute atomic E-state index is 0.0707. The number of fused-ring (bicyclic) bond motifs is 1. The number of rotatable bonds is 11. The van der Waals surface area contributed by atoms with Crippen LogP contribution < -0.4 is 9.64 Å². The molecule has 0 saturated carbocycles. The van der Waals surface area contributed by atoms with Crippen molar-refractivity contribution in [2.75, 3.05) is 31.3 Å². The summed E-state index contributed by atoms with van der Waals surface area (Å²) < 4.78 is 22.4. The van der Waals surface area contributed by atoms with Gasteiger partial charge in [-0.15, -0.1) is 0 Å². The Morgan fingerprint density at radius 3 is 2.31 bits per heavy atom. The van der Waals surface area contributed by atoms with Gasteiger partial charge in [0.15, 0.2) is 0 Å².